The molecule has 4 N–H and O–H groups in total. The van der Waals surface area contributed by atoms with Gasteiger partial charge in [0.1, 0.15) is 0 Å². The molecule has 22 heavy (non-hydrogen) atoms. The molecule has 1 aliphatic carbocycles. The maximum absolute atomic E-state index is 12.1. The molecule has 0 aromatic heterocycles. The first-order valence-electron chi connectivity index (χ1n) is 7.94. The lowest BCUT2D eigenvalue weighted by Gasteiger charge is -2.17. The van der Waals surface area contributed by atoms with Crippen LogP contribution in [0.3, 0.4) is 0 Å². The SMILES string of the molecule is Cc1ccc(C(=O)NCCNC(=O)[C@@H]2CCC[C@@H]2CN)cc1. The summed E-state index contributed by atoms with van der Waals surface area (Å²) >= 11 is 0. The van der Waals surface area contributed by atoms with Crippen molar-refractivity contribution in [3.8, 4) is 0 Å². The van der Waals surface area contributed by atoms with Crippen molar-refractivity contribution in [2.75, 3.05) is 19.6 Å². The molecule has 1 aromatic rings. The highest BCUT2D eigenvalue weighted by Crippen LogP contribution is 2.30. The quantitative estimate of drug-likeness (QED) is 0.691. The number of aryl methyl sites for hydroxylation is 1. The fourth-order valence-corrected chi connectivity index (χ4v) is 2.96. The fraction of sp³-hybridized carbons (Fsp3) is 0.529. The Hall–Kier alpha value is -1.88. The van der Waals surface area contributed by atoms with Gasteiger partial charge in [0.2, 0.25) is 5.91 Å². The fourth-order valence-electron chi connectivity index (χ4n) is 2.96. The van der Waals surface area contributed by atoms with E-state index in [0.29, 0.717) is 31.1 Å². The molecule has 120 valence electrons. The molecule has 5 heteroatoms. The van der Waals surface area contributed by atoms with E-state index in [2.05, 4.69) is 10.6 Å². The van der Waals surface area contributed by atoms with Gasteiger partial charge in [0.25, 0.3) is 5.91 Å². The lowest BCUT2D eigenvalue weighted by atomic mass is 9.95. The maximum Gasteiger partial charge on any atom is 0.251 e. The predicted molar refractivity (Wildman–Crippen MR) is 86.4 cm³/mol. The Kier molecular flexibility index (Phi) is 5.95. The molecule has 2 atom stereocenters. The first kappa shape index (κ1) is 16.5. The number of amides is 2. The van der Waals surface area contributed by atoms with Gasteiger partial charge in [0.05, 0.1) is 0 Å². The van der Waals surface area contributed by atoms with Crippen LogP contribution in [0.2, 0.25) is 0 Å². The zero-order chi connectivity index (χ0) is 15.9. The number of nitrogens with one attached hydrogen (secondary N) is 2. The van der Waals surface area contributed by atoms with E-state index in [9.17, 15) is 9.59 Å². The van der Waals surface area contributed by atoms with Crippen LogP contribution >= 0.6 is 0 Å². The summed E-state index contributed by atoms with van der Waals surface area (Å²) in [5.41, 5.74) is 7.45. The summed E-state index contributed by atoms with van der Waals surface area (Å²) in [6.07, 6.45) is 3.03. The molecule has 1 aliphatic rings. The van der Waals surface area contributed by atoms with Gasteiger partial charge in [-0.25, -0.2) is 0 Å². The number of nitrogens with two attached hydrogens (primary N) is 1. The van der Waals surface area contributed by atoms with E-state index >= 15 is 0 Å². The maximum atomic E-state index is 12.1. The number of hydrogen-bond donors (Lipinski definition) is 3. The lowest BCUT2D eigenvalue weighted by Crippen LogP contribution is -2.39. The summed E-state index contributed by atoms with van der Waals surface area (Å²) < 4.78 is 0. The highest BCUT2D eigenvalue weighted by atomic mass is 16.2. The zero-order valence-corrected chi connectivity index (χ0v) is 13.1. The molecule has 1 aromatic carbocycles. The van der Waals surface area contributed by atoms with Gasteiger partial charge in [0, 0.05) is 24.6 Å². The number of carbonyl (C=O) groups excluding carboxylic acids is 2. The molecule has 1 saturated carbocycles. The summed E-state index contributed by atoms with van der Waals surface area (Å²) in [7, 11) is 0. The molecule has 0 spiro atoms. The topological polar surface area (TPSA) is 84.2 Å². The average Bonchev–Trinajstić information content (AvgIpc) is 3.00. The van der Waals surface area contributed by atoms with Crippen molar-refractivity contribution < 1.29 is 9.59 Å². The molecule has 1 fully saturated rings. The van der Waals surface area contributed by atoms with Crippen molar-refractivity contribution in [2.24, 2.45) is 17.6 Å². The third-order valence-corrected chi connectivity index (χ3v) is 4.32. The summed E-state index contributed by atoms with van der Waals surface area (Å²) in [6, 6.07) is 7.41. The van der Waals surface area contributed by atoms with E-state index < -0.39 is 0 Å². The third kappa shape index (κ3) is 4.31. The zero-order valence-electron chi connectivity index (χ0n) is 13.1. The molecule has 0 aliphatic heterocycles. The smallest absolute Gasteiger partial charge is 0.251 e. The highest BCUT2D eigenvalue weighted by molar-refractivity contribution is 5.94. The van der Waals surface area contributed by atoms with E-state index in [1.54, 1.807) is 12.1 Å². The van der Waals surface area contributed by atoms with E-state index in [0.717, 1.165) is 24.8 Å². The normalized spacial score (nSPS) is 20.6. The van der Waals surface area contributed by atoms with E-state index in [-0.39, 0.29) is 17.7 Å². The number of benzene rings is 1. The van der Waals surface area contributed by atoms with Gasteiger partial charge < -0.3 is 16.4 Å². The second-order valence-corrected chi connectivity index (χ2v) is 5.95. The number of carbonyl (C=O) groups is 2. The molecule has 0 bridgehead atoms. The van der Waals surface area contributed by atoms with Crippen LogP contribution in [-0.2, 0) is 4.79 Å². The first-order chi connectivity index (χ1) is 10.6. The monoisotopic (exact) mass is 303 g/mol. The Morgan fingerprint density at radius 1 is 1.14 bits per heavy atom. The Labute approximate surface area is 131 Å². The molecule has 0 heterocycles. The van der Waals surface area contributed by atoms with Gasteiger partial charge in [-0.05, 0) is 44.4 Å². The third-order valence-electron chi connectivity index (χ3n) is 4.32. The number of hydrogen-bond acceptors (Lipinski definition) is 3. The van der Waals surface area contributed by atoms with Crippen molar-refractivity contribution >= 4 is 11.8 Å². The molecule has 0 saturated heterocycles. The van der Waals surface area contributed by atoms with E-state index in [1.807, 2.05) is 19.1 Å². The minimum atomic E-state index is -0.116. The van der Waals surface area contributed by atoms with Crippen LogP contribution < -0.4 is 16.4 Å². The van der Waals surface area contributed by atoms with Gasteiger partial charge in [-0.3, -0.25) is 9.59 Å². The van der Waals surface area contributed by atoms with Gasteiger partial charge in [-0.2, -0.15) is 0 Å². The van der Waals surface area contributed by atoms with Crippen LogP contribution in [0.4, 0.5) is 0 Å². The lowest BCUT2D eigenvalue weighted by molar-refractivity contribution is -0.125. The summed E-state index contributed by atoms with van der Waals surface area (Å²) in [6.45, 7) is 3.43. The van der Waals surface area contributed by atoms with Crippen molar-refractivity contribution in [1.29, 1.82) is 0 Å². The molecular weight excluding hydrogens is 278 g/mol. The van der Waals surface area contributed by atoms with Gasteiger partial charge in [-0.15, -0.1) is 0 Å². The van der Waals surface area contributed by atoms with Crippen molar-refractivity contribution in [3.63, 3.8) is 0 Å². The first-order valence-corrected chi connectivity index (χ1v) is 7.94. The van der Waals surface area contributed by atoms with Crippen LogP contribution in [0.25, 0.3) is 0 Å². The molecular formula is C17H25N3O2. The molecule has 2 amide bonds. The van der Waals surface area contributed by atoms with Crippen molar-refractivity contribution in [3.05, 3.63) is 35.4 Å². The van der Waals surface area contributed by atoms with Gasteiger partial charge >= 0.3 is 0 Å². The predicted octanol–water partition coefficient (Wildman–Crippen LogP) is 1.22. The van der Waals surface area contributed by atoms with Gasteiger partial charge in [-0.1, -0.05) is 24.1 Å². The summed E-state index contributed by atoms with van der Waals surface area (Å²) in [5, 5.41) is 5.71. The number of rotatable bonds is 6. The molecule has 0 unspecified atom stereocenters. The molecule has 0 radical (unpaired) electrons. The van der Waals surface area contributed by atoms with E-state index in [1.165, 1.54) is 0 Å². The average molecular weight is 303 g/mol. The minimum Gasteiger partial charge on any atom is -0.354 e. The Balaban J connectivity index is 1.69. The van der Waals surface area contributed by atoms with E-state index in [4.69, 9.17) is 5.73 Å². The second-order valence-electron chi connectivity index (χ2n) is 5.95. The standard InChI is InChI=1S/C17H25N3O2/c1-12-5-7-13(8-6-12)16(21)19-9-10-20-17(22)15-4-2-3-14(15)11-18/h5-8,14-15H,2-4,9-11,18H2,1H3,(H,19,21)(H,20,22)/t14-,15-/m1/s1. The van der Waals surface area contributed by atoms with Crippen LogP contribution in [0.5, 0.6) is 0 Å². The minimum absolute atomic E-state index is 0.0396. The largest absolute Gasteiger partial charge is 0.354 e. The second kappa shape index (κ2) is 7.94. The van der Waals surface area contributed by atoms with Crippen LogP contribution in [-0.4, -0.2) is 31.4 Å². The highest BCUT2D eigenvalue weighted by Gasteiger charge is 2.31. The Bertz CT molecular complexity index is 513. The van der Waals surface area contributed by atoms with Gasteiger partial charge in [0.15, 0.2) is 0 Å². The van der Waals surface area contributed by atoms with Crippen molar-refractivity contribution in [2.45, 2.75) is 26.2 Å². The molecule has 2 rings (SSSR count). The Morgan fingerprint density at radius 3 is 2.50 bits per heavy atom. The van der Waals surface area contributed by atoms with Crippen LogP contribution in [0.15, 0.2) is 24.3 Å². The summed E-state index contributed by atoms with van der Waals surface area (Å²) in [4.78, 5) is 24.0. The van der Waals surface area contributed by atoms with Crippen LogP contribution in [0.1, 0.15) is 35.2 Å². The van der Waals surface area contributed by atoms with Crippen molar-refractivity contribution in [1.82, 2.24) is 10.6 Å². The Morgan fingerprint density at radius 2 is 1.82 bits per heavy atom. The molecule has 5 nitrogen and oxygen atoms in total. The summed E-state index contributed by atoms with van der Waals surface area (Å²) in [5.74, 6) is 0.299. The van der Waals surface area contributed by atoms with Crippen LogP contribution in [0, 0.1) is 18.8 Å².